The van der Waals surface area contributed by atoms with Crippen molar-refractivity contribution in [3.63, 3.8) is 0 Å². The van der Waals surface area contributed by atoms with Gasteiger partial charge in [-0.2, -0.15) is 0 Å². The highest BCUT2D eigenvalue weighted by Gasteiger charge is 2.34. The standard InChI is InChI=1S/C21H26N2O3S/c1-14-7-4-5-10-17(14)18(24)11-21-22(20(26)13-27-21)12-19(25)23-15(2)8-6-9-16(23)3/h4-5,7,10-11,15-16H,6,8-9,12-13H2,1-3H3/b21-11-/t15-,16-/m1/s1. The summed E-state index contributed by atoms with van der Waals surface area (Å²) in [5.74, 6) is -0.0256. The normalized spacial score (nSPS) is 24.6. The van der Waals surface area contributed by atoms with Crippen LogP contribution < -0.4 is 0 Å². The Balaban J connectivity index is 1.77. The summed E-state index contributed by atoms with van der Waals surface area (Å²) in [5, 5.41) is 0.568. The van der Waals surface area contributed by atoms with Crippen LogP contribution in [0.4, 0.5) is 0 Å². The number of carbonyl (C=O) groups excluding carboxylic acids is 3. The predicted octanol–water partition coefficient (Wildman–Crippen LogP) is 3.38. The van der Waals surface area contributed by atoms with Crippen molar-refractivity contribution in [3.8, 4) is 0 Å². The third-order valence-electron chi connectivity index (χ3n) is 5.35. The van der Waals surface area contributed by atoms with Crippen LogP contribution in [0.5, 0.6) is 0 Å². The lowest BCUT2D eigenvalue weighted by Gasteiger charge is -2.39. The highest BCUT2D eigenvalue weighted by atomic mass is 32.2. The number of hydrogen-bond donors (Lipinski definition) is 0. The van der Waals surface area contributed by atoms with Crippen molar-refractivity contribution in [2.45, 2.75) is 52.1 Å². The summed E-state index contributed by atoms with van der Waals surface area (Å²) in [7, 11) is 0. The van der Waals surface area contributed by atoms with Gasteiger partial charge in [0.1, 0.15) is 6.54 Å². The van der Waals surface area contributed by atoms with E-state index in [0.717, 1.165) is 24.8 Å². The van der Waals surface area contributed by atoms with Crippen LogP contribution >= 0.6 is 11.8 Å². The van der Waals surface area contributed by atoms with E-state index < -0.39 is 0 Å². The number of carbonyl (C=O) groups is 3. The first-order valence-corrected chi connectivity index (χ1v) is 10.4. The predicted molar refractivity (Wildman–Crippen MR) is 107 cm³/mol. The maximum Gasteiger partial charge on any atom is 0.243 e. The first-order valence-electron chi connectivity index (χ1n) is 9.44. The van der Waals surface area contributed by atoms with Gasteiger partial charge in [-0.1, -0.05) is 36.0 Å². The van der Waals surface area contributed by atoms with Crippen molar-refractivity contribution < 1.29 is 14.4 Å². The van der Waals surface area contributed by atoms with Gasteiger partial charge in [0, 0.05) is 23.7 Å². The van der Waals surface area contributed by atoms with E-state index in [0.29, 0.717) is 10.6 Å². The van der Waals surface area contributed by atoms with Crippen molar-refractivity contribution in [2.24, 2.45) is 0 Å². The second kappa shape index (κ2) is 8.30. The lowest BCUT2D eigenvalue weighted by atomic mass is 9.97. The van der Waals surface area contributed by atoms with Gasteiger partial charge in [-0.05, 0) is 45.6 Å². The van der Waals surface area contributed by atoms with Gasteiger partial charge in [0.25, 0.3) is 0 Å². The van der Waals surface area contributed by atoms with Crippen molar-refractivity contribution in [1.29, 1.82) is 0 Å². The van der Waals surface area contributed by atoms with E-state index in [2.05, 4.69) is 13.8 Å². The van der Waals surface area contributed by atoms with Crippen LogP contribution in [0.2, 0.25) is 0 Å². The summed E-state index contributed by atoms with van der Waals surface area (Å²) >= 11 is 1.32. The molecule has 2 atom stereocenters. The van der Waals surface area contributed by atoms with Gasteiger partial charge in [-0.3, -0.25) is 19.3 Å². The molecular weight excluding hydrogens is 360 g/mol. The molecule has 0 aromatic heterocycles. The molecule has 0 N–H and O–H groups in total. The summed E-state index contributed by atoms with van der Waals surface area (Å²) < 4.78 is 0. The van der Waals surface area contributed by atoms with Crippen LogP contribution in [0.3, 0.4) is 0 Å². The van der Waals surface area contributed by atoms with Crippen LogP contribution in [-0.4, -0.2) is 51.8 Å². The van der Waals surface area contributed by atoms with Gasteiger partial charge < -0.3 is 4.90 Å². The summed E-state index contributed by atoms with van der Waals surface area (Å²) in [5.41, 5.74) is 1.52. The first-order chi connectivity index (χ1) is 12.9. The third-order valence-corrected chi connectivity index (χ3v) is 6.38. The Morgan fingerprint density at radius 2 is 1.85 bits per heavy atom. The number of nitrogens with zero attached hydrogens (tertiary/aromatic N) is 2. The largest absolute Gasteiger partial charge is 0.336 e. The Morgan fingerprint density at radius 1 is 1.19 bits per heavy atom. The third kappa shape index (κ3) is 4.26. The number of likely N-dealkylation sites (tertiary alicyclic amines) is 1. The molecule has 2 heterocycles. The maximum absolute atomic E-state index is 12.9. The molecule has 0 saturated carbocycles. The molecule has 5 nitrogen and oxygen atoms in total. The number of rotatable bonds is 4. The fourth-order valence-corrected chi connectivity index (χ4v) is 4.81. The number of benzene rings is 1. The van der Waals surface area contributed by atoms with Crippen LogP contribution in [0.15, 0.2) is 35.4 Å². The molecule has 6 heteroatoms. The topological polar surface area (TPSA) is 57.7 Å². The van der Waals surface area contributed by atoms with E-state index >= 15 is 0 Å². The summed E-state index contributed by atoms with van der Waals surface area (Å²) in [6.45, 7) is 6.02. The number of aryl methyl sites for hydroxylation is 1. The molecule has 1 aromatic carbocycles. The average Bonchev–Trinajstić information content (AvgIpc) is 2.95. The molecule has 3 rings (SSSR count). The molecule has 2 aliphatic rings. The number of amides is 2. The molecule has 2 saturated heterocycles. The van der Waals surface area contributed by atoms with Crippen molar-refractivity contribution >= 4 is 29.4 Å². The van der Waals surface area contributed by atoms with E-state index in [4.69, 9.17) is 0 Å². The zero-order valence-electron chi connectivity index (χ0n) is 16.1. The fourth-order valence-electron chi connectivity index (χ4n) is 3.87. The minimum Gasteiger partial charge on any atom is -0.336 e. The van der Waals surface area contributed by atoms with Gasteiger partial charge in [0.05, 0.1) is 10.8 Å². The van der Waals surface area contributed by atoms with E-state index in [1.165, 1.54) is 22.7 Å². The maximum atomic E-state index is 12.9. The molecule has 0 radical (unpaired) electrons. The SMILES string of the molecule is Cc1ccccc1C(=O)/C=C1\SCC(=O)N1CC(=O)N1[C@H](C)CCC[C@H]1C. The molecule has 144 valence electrons. The molecule has 0 unspecified atom stereocenters. The summed E-state index contributed by atoms with van der Waals surface area (Å²) in [6.07, 6.45) is 4.61. The molecule has 1 aromatic rings. The first kappa shape index (κ1) is 19.7. The van der Waals surface area contributed by atoms with Crippen molar-refractivity contribution in [2.75, 3.05) is 12.3 Å². The lowest BCUT2D eigenvalue weighted by Crippen LogP contribution is -2.51. The zero-order valence-corrected chi connectivity index (χ0v) is 16.9. The second-order valence-corrected chi connectivity index (χ2v) is 8.36. The van der Waals surface area contributed by atoms with Gasteiger partial charge in [0.15, 0.2) is 5.78 Å². The minimum atomic E-state index is -0.137. The fraction of sp³-hybridized carbons (Fsp3) is 0.476. The van der Waals surface area contributed by atoms with E-state index in [-0.39, 0.29) is 42.0 Å². The summed E-state index contributed by atoms with van der Waals surface area (Å²) in [4.78, 5) is 41.2. The van der Waals surface area contributed by atoms with Crippen LogP contribution in [0.1, 0.15) is 49.0 Å². The highest BCUT2D eigenvalue weighted by Crippen LogP contribution is 2.30. The molecule has 2 aliphatic heterocycles. The zero-order chi connectivity index (χ0) is 19.6. The van der Waals surface area contributed by atoms with E-state index in [9.17, 15) is 14.4 Å². The van der Waals surface area contributed by atoms with E-state index in [1.807, 2.05) is 30.0 Å². The number of allylic oxidation sites excluding steroid dienone is 1. The number of piperidine rings is 1. The van der Waals surface area contributed by atoms with Crippen LogP contribution in [0.25, 0.3) is 0 Å². The minimum absolute atomic E-state index is 0.00734. The molecule has 0 aliphatic carbocycles. The second-order valence-electron chi connectivity index (χ2n) is 7.36. The Morgan fingerprint density at radius 3 is 2.52 bits per heavy atom. The molecular formula is C21H26N2O3S. The number of thioether (sulfide) groups is 1. The van der Waals surface area contributed by atoms with Crippen molar-refractivity contribution in [1.82, 2.24) is 9.80 Å². The average molecular weight is 387 g/mol. The van der Waals surface area contributed by atoms with E-state index in [1.54, 1.807) is 6.07 Å². The van der Waals surface area contributed by atoms with Gasteiger partial charge in [-0.25, -0.2) is 0 Å². The molecule has 0 bridgehead atoms. The molecule has 2 amide bonds. The van der Waals surface area contributed by atoms with Gasteiger partial charge in [-0.15, -0.1) is 0 Å². The summed E-state index contributed by atoms with van der Waals surface area (Å²) in [6, 6.07) is 7.76. The number of hydrogen-bond acceptors (Lipinski definition) is 4. The Labute approximate surface area is 164 Å². The Kier molecular flexibility index (Phi) is 6.05. The smallest absolute Gasteiger partial charge is 0.243 e. The Hall–Kier alpha value is -2.08. The monoisotopic (exact) mass is 386 g/mol. The van der Waals surface area contributed by atoms with Crippen LogP contribution in [-0.2, 0) is 9.59 Å². The molecule has 0 spiro atoms. The van der Waals surface area contributed by atoms with Crippen LogP contribution in [0, 0.1) is 6.92 Å². The molecule has 27 heavy (non-hydrogen) atoms. The Bertz CT molecular complexity index is 779. The van der Waals surface area contributed by atoms with Crippen molar-refractivity contribution in [3.05, 3.63) is 46.5 Å². The van der Waals surface area contributed by atoms with Gasteiger partial charge >= 0.3 is 0 Å². The lowest BCUT2D eigenvalue weighted by molar-refractivity contribution is -0.141. The molecule has 2 fully saturated rings. The quantitative estimate of drug-likeness (QED) is 0.588. The highest BCUT2D eigenvalue weighted by molar-refractivity contribution is 8.04. The number of ketones is 1. The van der Waals surface area contributed by atoms with Gasteiger partial charge in [0.2, 0.25) is 11.8 Å².